The number of thiol groups is 1. The van der Waals surface area contributed by atoms with Crippen LogP contribution < -0.4 is 27.4 Å². The summed E-state index contributed by atoms with van der Waals surface area (Å²) in [5.41, 5.74) is 11.4. The van der Waals surface area contributed by atoms with E-state index in [1.807, 2.05) is 27.7 Å². The summed E-state index contributed by atoms with van der Waals surface area (Å²) in [6.07, 6.45) is 2.83. The van der Waals surface area contributed by atoms with E-state index in [1.165, 1.54) is 0 Å². The van der Waals surface area contributed by atoms with Crippen molar-refractivity contribution in [3.8, 4) is 0 Å². The normalized spacial score (nSPS) is 15.9. The molecule has 0 aromatic heterocycles. The van der Waals surface area contributed by atoms with Gasteiger partial charge in [0.15, 0.2) is 0 Å². The second-order valence-electron chi connectivity index (χ2n) is 8.54. The summed E-state index contributed by atoms with van der Waals surface area (Å²) in [4.78, 5) is 49.5. The van der Waals surface area contributed by atoms with E-state index in [0.717, 1.165) is 6.42 Å². The third-order valence-corrected chi connectivity index (χ3v) is 5.60. The number of carbonyl (C=O) groups excluding carboxylic acids is 3. The van der Waals surface area contributed by atoms with Crippen molar-refractivity contribution in [3.05, 3.63) is 0 Å². The maximum atomic E-state index is 13.1. The minimum absolute atomic E-state index is 0.0536. The summed E-state index contributed by atoms with van der Waals surface area (Å²) in [6.45, 7) is 7.99. The number of hydrogen-bond donors (Lipinski definition) is 7. The molecule has 0 aliphatic rings. The Labute approximate surface area is 196 Å². The summed E-state index contributed by atoms with van der Waals surface area (Å²) in [5, 5.41) is 17.0. The molecule has 0 saturated carbocycles. The fourth-order valence-electron chi connectivity index (χ4n) is 3.02. The first kappa shape index (κ1) is 30.1. The SMILES string of the molecule is CCC(C)C(NC(=O)C(N)CCCCN)C(=O)NC(CC(C)C)C(=O)NC(CS)C(=O)O. The molecule has 5 unspecified atom stereocenters. The molecule has 11 heteroatoms. The molecule has 3 amide bonds. The minimum atomic E-state index is -1.21. The molecule has 0 radical (unpaired) electrons. The van der Waals surface area contributed by atoms with Gasteiger partial charge in [0.2, 0.25) is 17.7 Å². The third-order valence-electron chi connectivity index (χ3n) is 5.24. The van der Waals surface area contributed by atoms with Crippen LogP contribution in [0.15, 0.2) is 0 Å². The zero-order valence-electron chi connectivity index (χ0n) is 19.6. The molecule has 0 bridgehead atoms. The second kappa shape index (κ2) is 15.9. The van der Waals surface area contributed by atoms with Crippen LogP contribution in [0.5, 0.6) is 0 Å². The molecule has 0 saturated heterocycles. The lowest BCUT2D eigenvalue weighted by atomic mass is 9.96. The smallest absolute Gasteiger partial charge is 0.327 e. The van der Waals surface area contributed by atoms with Crippen molar-refractivity contribution in [1.29, 1.82) is 0 Å². The molecule has 0 heterocycles. The summed E-state index contributed by atoms with van der Waals surface area (Å²) >= 11 is 3.95. The molecule has 5 atom stereocenters. The van der Waals surface area contributed by atoms with Crippen molar-refractivity contribution in [2.45, 2.75) is 84.0 Å². The van der Waals surface area contributed by atoms with E-state index in [1.54, 1.807) is 0 Å². The number of hydrogen-bond acceptors (Lipinski definition) is 7. The van der Waals surface area contributed by atoms with E-state index in [2.05, 4.69) is 28.6 Å². The maximum Gasteiger partial charge on any atom is 0.327 e. The van der Waals surface area contributed by atoms with Crippen molar-refractivity contribution in [1.82, 2.24) is 16.0 Å². The fourth-order valence-corrected chi connectivity index (χ4v) is 3.27. The first-order valence-corrected chi connectivity index (χ1v) is 11.8. The van der Waals surface area contributed by atoms with Crippen LogP contribution in [0, 0.1) is 11.8 Å². The Morgan fingerprint density at radius 1 is 0.938 bits per heavy atom. The van der Waals surface area contributed by atoms with Gasteiger partial charge in [-0.25, -0.2) is 4.79 Å². The first-order chi connectivity index (χ1) is 15.0. The Hall–Kier alpha value is -1.85. The molecular weight excluding hydrogens is 434 g/mol. The molecule has 32 heavy (non-hydrogen) atoms. The van der Waals surface area contributed by atoms with Crippen LogP contribution in [0.2, 0.25) is 0 Å². The van der Waals surface area contributed by atoms with Crippen LogP contribution in [0.25, 0.3) is 0 Å². The average molecular weight is 476 g/mol. The molecular formula is C21H41N5O5S. The molecule has 0 aliphatic carbocycles. The quantitative estimate of drug-likeness (QED) is 0.121. The lowest BCUT2D eigenvalue weighted by Gasteiger charge is -2.28. The first-order valence-electron chi connectivity index (χ1n) is 11.2. The number of amides is 3. The molecule has 186 valence electrons. The van der Waals surface area contributed by atoms with Crippen LogP contribution in [0.4, 0.5) is 0 Å². The summed E-state index contributed by atoms with van der Waals surface area (Å²) in [6, 6.07) is -3.77. The van der Waals surface area contributed by atoms with E-state index in [0.29, 0.717) is 32.2 Å². The van der Waals surface area contributed by atoms with E-state index in [9.17, 15) is 24.3 Å². The van der Waals surface area contributed by atoms with Gasteiger partial charge in [-0.15, -0.1) is 0 Å². The average Bonchev–Trinajstić information content (AvgIpc) is 2.73. The highest BCUT2D eigenvalue weighted by Gasteiger charge is 2.32. The molecule has 8 N–H and O–H groups in total. The second-order valence-corrected chi connectivity index (χ2v) is 8.90. The zero-order valence-corrected chi connectivity index (χ0v) is 20.5. The van der Waals surface area contributed by atoms with E-state index in [-0.39, 0.29) is 17.6 Å². The van der Waals surface area contributed by atoms with E-state index >= 15 is 0 Å². The van der Waals surface area contributed by atoms with E-state index < -0.39 is 47.9 Å². The molecule has 0 rings (SSSR count). The van der Waals surface area contributed by atoms with Crippen molar-refractivity contribution < 1.29 is 24.3 Å². The van der Waals surface area contributed by atoms with Crippen molar-refractivity contribution in [3.63, 3.8) is 0 Å². The van der Waals surface area contributed by atoms with Gasteiger partial charge in [0.05, 0.1) is 6.04 Å². The van der Waals surface area contributed by atoms with Crippen molar-refractivity contribution >= 4 is 36.3 Å². The van der Waals surface area contributed by atoms with Crippen LogP contribution in [-0.4, -0.2) is 65.3 Å². The minimum Gasteiger partial charge on any atom is -0.480 e. The molecule has 0 spiro atoms. The predicted molar refractivity (Wildman–Crippen MR) is 127 cm³/mol. The highest BCUT2D eigenvalue weighted by molar-refractivity contribution is 7.80. The Morgan fingerprint density at radius 2 is 1.53 bits per heavy atom. The Kier molecular flexibility index (Phi) is 15.0. The van der Waals surface area contributed by atoms with Gasteiger partial charge in [-0.05, 0) is 37.6 Å². The van der Waals surface area contributed by atoms with E-state index in [4.69, 9.17) is 11.5 Å². The molecule has 0 aromatic rings. The van der Waals surface area contributed by atoms with Gasteiger partial charge < -0.3 is 32.5 Å². The Balaban J connectivity index is 5.38. The van der Waals surface area contributed by atoms with Gasteiger partial charge in [-0.1, -0.05) is 40.5 Å². The monoisotopic (exact) mass is 475 g/mol. The molecule has 0 aliphatic heterocycles. The summed E-state index contributed by atoms with van der Waals surface area (Å²) in [5.74, 6) is -3.01. The van der Waals surface area contributed by atoms with Gasteiger partial charge in [-0.2, -0.15) is 12.6 Å². The number of nitrogens with one attached hydrogen (secondary N) is 3. The summed E-state index contributed by atoms with van der Waals surface area (Å²) < 4.78 is 0. The maximum absolute atomic E-state index is 13.1. The number of unbranched alkanes of at least 4 members (excludes halogenated alkanes) is 1. The number of nitrogens with two attached hydrogens (primary N) is 2. The Morgan fingerprint density at radius 3 is 2.00 bits per heavy atom. The highest BCUT2D eigenvalue weighted by Crippen LogP contribution is 2.12. The standard InChI is InChI=1S/C21H41N5O5S/c1-5-13(4)17(26-18(27)14(23)8-6-7-9-22)20(29)24-15(10-12(2)3)19(28)25-16(11-32)21(30)31/h12-17,32H,5-11,22-23H2,1-4H3,(H,24,29)(H,25,28)(H,26,27)(H,30,31). The van der Waals surface area contributed by atoms with Gasteiger partial charge in [0, 0.05) is 5.75 Å². The largest absolute Gasteiger partial charge is 0.480 e. The number of rotatable bonds is 16. The number of carboxylic acids is 1. The fraction of sp³-hybridized carbons (Fsp3) is 0.810. The topological polar surface area (TPSA) is 177 Å². The number of aliphatic carboxylic acids is 1. The number of carbonyl (C=O) groups is 4. The van der Waals surface area contributed by atoms with Gasteiger partial charge in [0.25, 0.3) is 0 Å². The van der Waals surface area contributed by atoms with Crippen molar-refractivity contribution in [2.75, 3.05) is 12.3 Å². The van der Waals surface area contributed by atoms with Crippen LogP contribution >= 0.6 is 12.6 Å². The highest BCUT2D eigenvalue weighted by atomic mass is 32.1. The van der Waals surface area contributed by atoms with Gasteiger partial charge in [0.1, 0.15) is 18.1 Å². The predicted octanol–water partition coefficient (Wildman–Crippen LogP) is 0.00370. The molecule has 0 aromatic carbocycles. The Bertz CT molecular complexity index is 619. The van der Waals surface area contributed by atoms with Crippen LogP contribution in [-0.2, 0) is 19.2 Å². The van der Waals surface area contributed by atoms with Crippen molar-refractivity contribution in [2.24, 2.45) is 23.3 Å². The van der Waals surface area contributed by atoms with Crippen LogP contribution in [0.3, 0.4) is 0 Å². The molecule has 10 nitrogen and oxygen atoms in total. The lowest BCUT2D eigenvalue weighted by molar-refractivity contribution is -0.141. The third kappa shape index (κ3) is 11.1. The van der Waals surface area contributed by atoms with Gasteiger partial charge in [-0.3, -0.25) is 14.4 Å². The summed E-state index contributed by atoms with van der Waals surface area (Å²) in [7, 11) is 0. The van der Waals surface area contributed by atoms with Crippen LogP contribution in [0.1, 0.15) is 59.8 Å². The molecule has 0 fully saturated rings. The lowest BCUT2D eigenvalue weighted by Crippen LogP contribution is -2.59. The number of carboxylic acid groups (broad SMARTS) is 1. The zero-order chi connectivity index (χ0) is 24.8. The van der Waals surface area contributed by atoms with Gasteiger partial charge >= 0.3 is 5.97 Å².